The van der Waals surface area contributed by atoms with Gasteiger partial charge in [-0.05, 0) is 44.4 Å². The minimum Gasteiger partial charge on any atom is -0.463 e. The predicted octanol–water partition coefficient (Wildman–Crippen LogP) is 3.31. The second-order valence-electron chi connectivity index (χ2n) is 5.49. The maximum absolute atomic E-state index is 11.8. The Bertz CT molecular complexity index is 692. The number of imidazole rings is 1. The topological polar surface area (TPSA) is 47.4 Å². The van der Waals surface area contributed by atoms with Gasteiger partial charge >= 0.3 is 5.97 Å². The lowest BCUT2D eigenvalue weighted by atomic mass is 10.1. The van der Waals surface area contributed by atoms with Crippen LogP contribution in [0.3, 0.4) is 0 Å². The molecule has 3 rings (SSSR count). The van der Waals surface area contributed by atoms with Gasteiger partial charge in [0.1, 0.15) is 0 Å². The molecule has 1 aliphatic rings. The Balaban J connectivity index is 1.89. The first-order valence-corrected chi connectivity index (χ1v) is 8.01. The molecular formula is C18H21N3O2. The van der Waals surface area contributed by atoms with E-state index in [4.69, 9.17) is 4.74 Å². The van der Waals surface area contributed by atoms with Crippen molar-refractivity contribution in [1.29, 1.82) is 0 Å². The van der Waals surface area contributed by atoms with Crippen LogP contribution < -0.4 is 4.90 Å². The Hall–Kier alpha value is -2.56. The van der Waals surface area contributed by atoms with Gasteiger partial charge in [-0.3, -0.25) is 0 Å². The van der Waals surface area contributed by atoms with Gasteiger partial charge in [-0.1, -0.05) is 6.07 Å². The molecule has 0 bridgehead atoms. The third-order valence-corrected chi connectivity index (χ3v) is 3.93. The summed E-state index contributed by atoms with van der Waals surface area (Å²) in [5.41, 5.74) is 3.17. The number of ether oxygens (including phenoxy) is 1. The first-order valence-electron chi connectivity index (χ1n) is 8.01. The molecule has 23 heavy (non-hydrogen) atoms. The Morgan fingerprint density at radius 3 is 3.00 bits per heavy atom. The lowest BCUT2D eigenvalue weighted by molar-refractivity contribution is -0.137. The number of allylic oxidation sites excluding steroid dienone is 1. The van der Waals surface area contributed by atoms with Gasteiger partial charge in [-0.2, -0.15) is 0 Å². The highest BCUT2D eigenvalue weighted by Crippen LogP contribution is 2.28. The van der Waals surface area contributed by atoms with Crippen LogP contribution in [0, 0.1) is 0 Å². The molecule has 1 saturated heterocycles. The fourth-order valence-electron chi connectivity index (χ4n) is 2.85. The van der Waals surface area contributed by atoms with Crippen LogP contribution >= 0.6 is 0 Å². The van der Waals surface area contributed by atoms with Gasteiger partial charge in [0.2, 0.25) is 0 Å². The zero-order chi connectivity index (χ0) is 16.1. The van der Waals surface area contributed by atoms with Crippen molar-refractivity contribution in [2.45, 2.75) is 26.2 Å². The quantitative estimate of drug-likeness (QED) is 0.642. The number of piperidine rings is 1. The third-order valence-electron chi connectivity index (χ3n) is 3.93. The third kappa shape index (κ3) is 3.62. The molecule has 0 aliphatic carbocycles. The second kappa shape index (κ2) is 7.13. The normalized spacial score (nSPS) is 16.6. The number of hydrogen-bond donors (Lipinski definition) is 0. The first-order chi connectivity index (χ1) is 11.3. The van der Waals surface area contributed by atoms with Gasteiger partial charge < -0.3 is 14.2 Å². The largest absolute Gasteiger partial charge is 0.463 e. The number of carbonyl (C=O) groups is 1. The summed E-state index contributed by atoms with van der Waals surface area (Å²) in [6, 6.07) is 8.27. The van der Waals surface area contributed by atoms with Gasteiger partial charge in [0, 0.05) is 42.1 Å². The minimum absolute atomic E-state index is 0.264. The average molecular weight is 311 g/mol. The number of benzene rings is 1. The minimum atomic E-state index is -0.264. The van der Waals surface area contributed by atoms with Crippen molar-refractivity contribution in [1.82, 2.24) is 9.55 Å². The van der Waals surface area contributed by atoms with Crippen molar-refractivity contribution >= 4 is 11.7 Å². The number of hydrogen-bond acceptors (Lipinski definition) is 4. The van der Waals surface area contributed by atoms with E-state index in [-0.39, 0.29) is 5.97 Å². The number of anilines is 1. The van der Waals surface area contributed by atoms with Crippen molar-refractivity contribution in [3.8, 4) is 5.69 Å². The van der Waals surface area contributed by atoms with Crippen LogP contribution in [-0.2, 0) is 9.53 Å². The molecule has 1 aliphatic heterocycles. The van der Waals surface area contributed by atoms with E-state index < -0.39 is 0 Å². The SMILES string of the molecule is CCOC(=O)C=C1CCCCN1c1cccc(-n2ccnc2)c1. The van der Waals surface area contributed by atoms with Crippen molar-refractivity contribution in [3.05, 3.63) is 54.8 Å². The van der Waals surface area contributed by atoms with Crippen molar-refractivity contribution < 1.29 is 9.53 Å². The van der Waals surface area contributed by atoms with E-state index in [9.17, 15) is 4.79 Å². The summed E-state index contributed by atoms with van der Waals surface area (Å²) in [6.45, 7) is 3.14. The summed E-state index contributed by atoms with van der Waals surface area (Å²) in [5.74, 6) is -0.264. The molecule has 0 amide bonds. The summed E-state index contributed by atoms with van der Waals surface area (Å²) in [6.07, 6.45) is 10.2. The molecule has 0 unspecified atom stereocenters. The van der Waals surface area contributed by atoms with Crippen molar-refractivity contribution in [3.63, 3.8) is 0 Å². The summed E-state index contributed by atoms with van der Waals surface area (Å²) in [5, 5.41) is 0. The van der Waals surface area contributed by atoms with E-state index in [1.807, 2.05) is 29.8 Å². The van der Waals surface area contributed by atoms with E-state index in [2.05, 4.69) is 22.0 Å². The van der Waals surface area contributed by atoms with Gasteiger partial charge in [0.15, 0.2) is 0 Å². The zero-order valence-electron chi connectivity index (χ0n) is 13.3. The fraction of sp³-hybridized carbons (Fsp3) is 0.333. The molecule has 1 aromatic heterocycles. The molecule has 0 N–H and O–H groups in total. The van der Waals surface area contributed by atoms with Crippen LogP contribution in [0.2, 0.25) is 0 Å². The molecule has 2 heterocycles. The molecule has 5 nitrogen and oxygen atoms in total. The van der Waals surface area contributed by atoms with Gasteiger partial charge in [-0.25, -0.2) is 9.78 Å². The molecule has 0 radical (unpaired) electrons. The van der Waals surface area contributed by atoms with Gasteiger partial charge in [0.25, 0.3) is 0 Å². The zero-order valence-corrected chi connectivity index (χ0v) is 13.3. The number of carbonyl (C=O) groups excluding carboxylic acids is 1. The standard InChI is InChI=1S/C18H21N3O2/c1-2-23-18(22)13-17-6-3-4-10-21(17)16-8-5-7-15(12-16)20-11-9-19-14-20/h5,7-9,11-14H,2-4,6,10H2,1H3. The Kier molecular flexibility index (Phi) is 4.76. The Labute approximate surface area is 136 Å². The van der Waals surface area contributed by atoms with Crippen molar-refractivity contribution in [2.24, 2.45) is 0 Å². The Morgan fingerprint density at radius 2 is 2.22 bits per heavy atom. The van der Waals surface area contributed by atoms with Crippen LogP contribution in [0.5, 0.6) is 0 Å². The van der Waals surface area contributed by atoms with Gasteiger partial charge in [-0.15, -0.1) is 0 Å². The molecule has 0 saturated carbocycles. The lowest BCUT2D eigenvalue weighted by Crippen LogP contribution is -2.28. The van der Waals surface area contributed by atoms with E-state index in [1.165, 1.54) is 0 Å². The fourth-order valence-corrected chi connectivity index (χ4v) is 2.85. The highest BCUT2D eigenvalue weighted by atomic mass is 16.5. The molecule has 1 aromatic carbocycles. The van der Waals surface area contributed by atoms with Crippen LogP contribution in [0.1, 0.15) is 26.2 Å². The maximum atomic E-state index is 11.8. The maximum Gasteiger partial charge on any atom is 0.332 e. The highest BCUT2D eigenvalue weighted by Gasteiger charge is 2.18. The smallest absolute Gasteiger partial charge is 0.332 e. The average Bonchev–Trinajstić information content (AvgIpc) is 3.10. The Morgan fingerprint density at radius 1 is 1.35 bits per heavy atom. The number of aromatic nitrogens is 2. The molecule has 2 aromatic rings. The van der Waals surface area contributed by atoms with E-state index in [0.717, 1.165) is 42.9 Å². The monoisotopic (exact) mass is 311 g/mol. The number of rotatable bonds is 4. The van der Waals surface area contributed by atoms with E-state index in [1.54, 1.807) is 18.6 Å². The molecule has 0 spiro atoms. The lowest BCUT2D eigenvalue weighted by Gasteiger charge is -2.32. The van der Waals surface area contributed by atoms with E-state index >= 15 is 0 Å². The molecule has 120 valence electrons. The summed E-state index contributed by atoms with van der Waals surface area (Å²) >= 11 is 0. The van der Waals surface area contributed by atoms with Crippen LogP contribution in [0.15, 0.2) is 54.8 Å². The van der Waals surface area contributed by atoms with Crippen LogP contribution in [0.25, 0.3) is 5.69 Å². The summed E-state index contributed by atoms with van der Waals surface area (Å²) in [4.78, 5) is 18.1. The number of esters is 1. The number of nitrogens with zero attached hydrogens (tertiary/aromatic N) is 3. The van der Waals surface area contributed by atoms with Crippen LogP contribution in [-0.4, -0.2) is 28.7 Å². The van der Waals surface area contributed by atoms with E-state index in [0.29, 0.717) is 6.61 Å². The first kappa shape index (κ1) is 15.3. The second-order valence-corrected chi connectivity index (χ2v) is 5.49. The molecule has 0 atom stereocenters. The molecule has 1 fully saturated rings. The highest BCUT2D eigenvalue weighted by molar-refractivity contribution is 5.83. The predicted molar refractivity (Wildman–Crippen MR) is 89.5 cm³/mol. The molecular weight excluding hydrogens is 290 g/mol. The summed E-state index contributed by atoms with van der Waals surface area (Å²) < 4.78 is 7.03. The summed E-state index contributed by atoms with van der Waals surface area (Å²) in [7, 11) is 0. The molecule has 5 heteroatoms. The van der Waals surface area contributed by atoms with Crippen LogP contribution in [0.4, 0.5) is 5.69 Å². The van der Waals surface area contributed by atoms with Gasteiger partial charge in [0.05, 0.1) is 12.9 Å². The van der Waals surface area contributed by atoms with Crippen molar-refractivity contribution in [2.75, 3.05) is 18.1 Å².